The molecule has 3 N–H and O–H groups in total. The summed E-state index contributed by atoms with van der Waals surface area (Å²) in [7, 11) is 0. The second-order valence-electron chi connectivity index (χ2n) is 4.38. The lowest BCUT2D eigenvalue weighted by molar-refractivity contribution is 0.158. The first-order valence-electron chi connectivity index (χ1n) is 5.65. The molecule has 96 valence electrons. The highest BCUT2D eigenvalue weighted by atomic mass is 35.5. The van der Waals surface area contributed by atoms with Gasteiger partial charge in [0.25, 0.3) is 0 Å². The van der Waals surface area contributed by atoms with Crippen molar-refractivity contribution in [3.05, 3.63) is 64.4 Å². The van der Waals surface area contributed by atoms with Crippen molar-refractivity contribution >= 4 is 23.1 Å². The van der Waals surface area contributed by atoms with Gasteiger partial charge in [-0.1, -0.05) is 23.7 Å². The molecule has 1 atom stereocenters. The van der Waals surface area contributed by atoms with Gasteiger partial charge >= 0.3 is 0 Å². The molecule has 3 rings (SSSR count). The second kappa shape index (κ2) is 4.05. The fraction of sp³-hybridized carbons (Fsp3) is 0.0714. The van der Waals surface area contributed by atoms with Gasteiger partial charge in [-0.05, 0) is 35.9 Å². The molecule has 0 aromatic heterocycles. The molecule has 0 spiro atoms. The zero-order valence-electron chi connectivity index (χ0n) is 9.77. The van der Waals surface area contributed by atoms with E-state index in [1.54, 1.807) is 24.3 Å². The standard InChI is InChI=1S/C14H10ClFN2O/c15-9-4-5-12-11(7-9)14(19,13(17)18-12)8-2-1-3-10(16)6-8/h1-7,19H,(H2,17,18). The zero-order valence-corrected chi connectivity index (χ0v) is 10.5. The van der Waals surface area contributed by atoms with E-state index in [1.807, 2.05) is 0 Å². The average Bonchev–Trinajstić information content (AvgIpc) is 2.63. The van der Waals surface area contributed by atoms with E-state index in [4.69, 9.17) is 17.3 Å². The van der Waals surface area contributed by atoms with Gasteiger partial charge in [0.2, 0.25) is 0 Å². The minimum atomic E-state index is -1.64. The summed E-state index contributed by atoms with van der Waals surface area (Å²) in [6.07, 6.45) is 0. The molecule has 1 aliphatic heterocycles. The van der Waals surface area contributed by atoms with Crippen molar-refractivity contribution in [1.29, 1.82) is 0 Å². The Labute approximate surface area is 114 Å². The summed E-state index contributed by atoms with van der Waals surface area (Å²) >= 11 is 5.94. The molecule has 3 nitrogen and oxygen atoms in total. The van der Waals surface area contributed by atoms with Gasteiger partial charge in [0, 0.05) is 10.6 Å². The van der Waals surface area contributed by atoms with Crippen molar-refractivity contribution in [3.8, 4) is 0 Å². The number of rotatable bonds is 1. The van der Waals surface area contributed by atoms with Crippen LogP contribution in [-0.4, -0.2) is 10.9 Å². The van der Waals surface area contributed by atoms with E-state index in [9.17, 15) is 9.50 Å². The smallest absolute Gasteiger partial charge is 0.174 e. The number of hydrogen-bond acceptors (Lipinski definition) is 3. The molecule has 0 fully saturated rings. The van der Waals surface area contributed by atoms with Gasteiger partial charge < -0.3 is 10.8 Å². The van der Waals surface area contributed by atoms with Gasteiger partial charge in [-0.3, -0.25) is 0 Å². The first kappa shape index (κ1) is 12.1. The topological polar surface area (TPSA) is 58.6 Å². The van der Waals surface area contributed by atoms with Crippen molar-refractivity contribution < 1.29 is 9.50 Å². The van der Waals surface area contributed by atoms with Crippen LogP contribution in [0.5, 0.6) is 0 Å². The molecule has 1 aliphatic rings. The van der Waals surface area contributed by atoms with Crippen molar-refractivity contribution in [1.82, 2.24) is 0 Å². The molecular weight excluding hydrogens is 267 g/mol. The molecule has 1 heterocycles. The Morgan fingerprint density at radius 1 is 1.21 bits per heavy atom. The highest BCUT2D eigenvalue weighted by molar-refractivity contribution is 6.30. The lowest BCUT2D eigenvalue weighted by atomic mass is 9.86. The Balaban J connectivity index is 2.26. The Kier molecular flexibility index (Phi) is 2.59. The third-order valence-electron chi connectivity index (χ3n) is 3.20. The summed E-state index contributed by atoms with van der Waals surface area (Å²) in [6.45, 7) is 0. The molecule has 0 aliphatic carbocycles. The average molecular weight is 277 g/mol. The number of hydrogen-bond donors (Lipinski definition) is 2. The van der Waals surface area contributed by atoms with Gasteiger partial charge in [-0.25, -0.2) is 9.38 Å². The minimum Gasteiger partial charge on any atom is -0.384 e. The summed E-state index contributed by atoms with van der Waals surface area (Å²) in [5.41, 5.74) is 5.52. The molecule has 0 radical (unpaired) electrons. The summed E-state index contributed by atoms with van der Waals surface area (Å²) in [4.78, 5) is 4.12. The van der Waals surface area contributed by atoms with Gasteiger partial charge in [-0.2, -0.15) is 0 Å². The number of aliphatic hydroxyl groups is 1. The van der Waals surface area contributed by atoms with Crippen molar-refractivity contribution in [2.45, 2.75) is 5.60 Å². The Bertz CT molecular complexity index is 702. The van der Waals surface area contributed by atoms with E-state index in [-0.39, 0.29) is 5.84 Å². The molecule has 0 saturated carbocycles. The second-order valence-corrected chi connectivity index (χ2v) is 4.82. The monoisotopic (exact) mass is 276 g/mol. The zero-order chi connectivity index (χ0) is 13.6. The minimum absolute atomic E-state index is 0.00960. The van der Waals surface area contributed by atoms with Crippen molar-refractivity contribution in [2.24, 2.45) is 10.7 Å². The van der Waals surface area contributed by atoms with E-state index in [0.29, 0.717) is 21.8 Å². The van der Waals surface area contributed by atoms with E-state index in [1.165, 1.54) is 18.2 Å². The normalized spacial score (nSPS) is 21.1. The highest BCUT2D eigenvalue weighted by Crippen LogP contribution is 2.42. The molecule has 0 bridgehead atoms. The molecule has 1 unspecified atom stereocenters. The third kappa shape index (κ3) is 1.72. The van der Waals surface area contributed by atoms with Crippen LogP contribution < -0.4 is 5.73 Å². The lowest BCUT2D eigenvalue weighted by Crippen LogP contribution is -2.39. The lowest BCUT2D eigenvalue weighted by Gasteiger charge is -2.24. The summed E-state index contributed by atoms with van der Waals surface area (Å²) < 4.78 is 13.4. The van der Waals surface area contributed by atoms with Crippen LogP contribution in [0.15, 0.2) is 47.5 Å². The predicted molar refractivity (Wildman–Crippen MR) is 72.1 cm³/mol. The quantitative estimate of drug-likeness (QED) is 0.841. The molecule has 2 aromatic rings. The number of benzene rings is 2. The summed E-state index contributed by atoms with van der Waals surface area (Å²) in [5.74, 6) is -0.440. The number of fused-ring (bicyclic) bond motifs is 1. The maximum absolute atomic E-state index is 13.4. The van der Waals surface area contributed by atoms with Crippen LogP contribution in [0.2, 0.25) is 5.02 Å². The number of halogens is 2. The summed E-state index contributed by atoms with van der Waals surface area (Å²) in [5, 5.41) is 11.3. The Morgan fingerprint density at radius 2 is 2.00 bits per heavy atom. The molecular formula is C14H10ClFN2O. The molecule has 0 saturated heterocycles. The van der Waals surface area contributed by atoms with Crippen LogP contribution in [0, 0.1) is 5.82 Å². The molecule has 0 amide bonds. The maximum atomic E-state index is 13.4. The highest BCUT2D eigenvalue weighted by Gasteiger charge is 2.42. The maximum Gasteiger partial charge on any atom is 0.174 e. The van der Waals surface area contributed by atoms with Gasteiger partial charge in [-0.15, -0.1) is 0 Å². The SMILES string of the molecule is NC1=Nc2ccc(Cl)cc2C1(O)c1cccc(F)c1. The van der Waals surface area contributed by atoms with Crippen LogP contribution in [0.25, 0.3) is 0 Å². The largest absolute Gasteiger partial charge is 0.384 e. The van der Waals surface area contributed by atoms with Gasteiger partial charge in [0.15, 0.2) is 5.60 Å². The first-order valence-corrected chi connectivity index (χ1v) is 6.02. The van der Waals surface area contributed by atoms with Crippen molar-refractivity contribution in [3.63, 3.8) is 0 Å². The van der Waals surface area contributed by atoms with Crippen LogP contribution >= 0.6 is 11.6 Å². The summed E-state index contributed by atoms with van der Waals surface area (Å²) in [6, 6.07) is 10.6. The van der Waals surface area contributed by atoms with E-state index in [0.717, 1.165) is 0 Å². The third-order valence-corrected chi connectivity index (χ3v) is 3.44. The Morgan fingerprint density at radius 3 is 2.74 bits per heavy atom. The number of nitrogens with two attached hydrogens (primary N) is 1. The number of amidine groups is 1. The van der Waals surface area contributed by atoms with Crippen LogP contribution in [0.1, 0.15) is 11.1 Å². The predicted octanol–water partition coefficient (Wildman–Crippen LogP) is 2.72. The van der Waals surface area contributed by atoms with E-state index < -0.39 is 11.4 Å². The molecule has 5 heteroatoms. The van der Waals surface area contributed by atoms with Gasteiger partial charge in [0.1, 0.15) is 11.7 Å². The Hall–Kier alpha value is -1.91. The number of aliphatic imine (C=N–C) groups is 1. The molecule has 2 aromatic carbocycles. The van der Waals surface area contributed by atoms with E-state index >= 15 is 0 Å². The fourth-order valence-electron chi connectivity index (χ4n) is 2.26. The van der Waals surface area contributed by atoms with Crippen LogP contribution in [0.3, 0.4) is 0 Å². The van der Waals surface area contributed by atoms with E-state index in [2.05, 4.69) is 4.99 Å². The molecule has 19 heavy (non-hydrogen) atoms. The van der Waals surface area contributed by atoms with Crippen molar-refractivity contribution in [2.75, 3.05) is 0 Å². The fourth-order valence-corrected chi connectivity index (χ4v) is 2.43. The first-order chi connectivity index (χ1) is 9.01. The van der Waals surface area contributed by atoms with Crippen LogP contribution in [0.4, 0.5) is 10.1 Å². The van der Waals surface area contributed by atoms with Crippen LogP contribution in [-0.2, 0) is 5.60 Å². The van der Waals surface area contributed by atoms with Gasteiger partial charge in [0.05, 0.1) is 5.69 Å². The number of nitrogens with zero attached hydrogens (tertiary/aromatic N) is 1.